The van der Waals surface area contributed by atoms with Crippen molar-refractivity contribution in [3.8, 4) is 46.0 Å². The first-order valence-corrected chi connectivity index (χ1v) is 28.2. The molecule has 6 heterocycles. The third-order valence-corrected chi connectivity index (χ3v) is 19.1. The number of hydrogen-bond acceptors (Lipinski definition) is 7. The first kappa shape index (κ1) is 41.5. The van der Waals surface area contributed by atoms with Crippen LogP contribution >= 0.6 is 11.9 Å². The maximum atomic E-state index is 7.38. The molecule has 0 radical (unpaired) electrons. The zero-order chi connectivity index (χ0) is 46.5. The predicted molar refractivity (Wildman–Crippen MR) is 296 cm³/mol. The molecule has 0 aromatic heterocycles. The molecule has 7 aromatic carbocycles. The fourth-order valence-electron chi connectivity index (χ4n) is 15.0. The number of ether oxygens (including phenoxy) is 4. The monoisotopic (exact) mass is 944 g/mol. The molecule has 6 aliphatic heterocycles. The lowest BCUT2D eigenvalue weighted by molar-refractivity contribution is 0.431. The summed E-state index contributed by atoms with van der Waals surface area (Å²) in [5, 5.41) is 4.09. The van der Waals surface area contributed by atoms with Gasteiger partial charge in [-0.3, -0.25) is 4.31 Å². The summed E-state index contributed by atoms with van der Waals surface area (Å²) in [6, 6.07) is 41.7. The second kappa shape index (κ2) is 15.9. The van der Waals surface area contributed by atoms with Crippen LogP contribution in [-0.4, -0.2) is 26.4 Å². The fraction of sp³-hybridized carbons (Fsp3) is 0.311. The van der Waals surface area contributed by atoms with E-state index in [1.165, 1.54) is 179 Å². The molecular weight excluding hydrogens is 889 g/mol. The normalized spacial score (nSPS) is 18.8. The van der Waals surface area contributed by atoms with E-state index in [-0.39, 0.29) is 20.1 Å². The van der Waals surface area contributed by atoms with Crippen LogP contribution in [0.4, 0.5) is 22.7 Å². The van der Waals surface area contributed by atoms with Gasteiger partial charge in [-0.15, -0.1) is 0 Å². The predicted octanol–water partition coefficient (Wildman–Crippen LogP) is 10.6. The molecule has 0 unspecified atom stereocenters. The van der Waals surface area contributed by atoms with Gasteiger partial charge < -0.3 is 24.3 Å². The van der Waals surface area contributed by atoms with Gasteiger partial charge in [0.1, 0.15) is 46.0 Å². The average Bonchev–Trinajstić information content (AvgIpc) is 3.42. The molecule has 3 fully saturated rings. The second-order valence-electron chi connectivity index (χ2n) is 22.2. The maximum Gasteiger partial charge on any atom is 0.260 e. The molecule has 16 rings (SSSR count). The molecule has 0 amide bonds. The number of nitrogens with zero attached hydrogens (tertiary/aromatic N) is 1. The van der Waals surface area contributed by atoms with Gasteiger partial charge in [0.2, 0.25) is 0 Å². The van der Waals surface area contributed by atoms with E-state index in [0.717, 1.165) is 51.5 Å². The SMILES string of the molecule is CSN1c2cc3c(cc2B2c4cc5c(cc4Oc4cc(C6CCCCC6)cc1c42)Oc1cc(C2CCCCC2)cc2c1B5c1ccccc1O2)B1c2ccccc2Oc2cc(C4CCCCC4)cc(c21)N3. The van der Waals surface area contributed by atoms with E-state index < -0.39 is 0 Å². The number of hydrogen-bond donors (Lipinski definition) is 1. The Labute approximate surface area is 422 Å². The molecule has 7 aromatic rings. The van der Waals surface area contributed by atoms with Crippen molar-refractivity contribution < 1.29 is 18.9 Å². The number of rotatable bonds is 4. The van der Waals surface area contributed by atoms with Crippen molar-refractivity contribution in [1.82, 2.24) is 0 Å². The van der Waals surface area contributed by atoms with Crippen LogP contribution in [0.25, 0.3) is 0 Å². The lowest BCUT2D eigenvalue weighted by Gasteiger charge is -2.42. The Kier molecular flexibility index (Phi) is 9.32. The Morgan fingerprint density at radius 3 is 1.44 bits per heavy atom. The first-order chi connectivity index (χ1) is 35.1. The van der Waals surface area contributed by atoms with Gasteiger partial charge >= 0.3 is 0 Å². The Hall–Kier alpha value is -6.12. The fourth-order valence-corrected chi connectivity index (χ4v) is 15.7. The highest BCUT2D eigenvalue weighted by molar-refractivity contribution is 8.00. The number of benzene rings is 7. The van der Waals surface area contributed by atoms with Crippen LogP contribution < -0.4 is 77.7 Å². The second-order valence-corrected chi connectivity index (χ2v) is 22.9. The van der Waals surface area contributed by atoms with Crippen molar-refractivity contribution in [3.63, 3.8) is 0 Å². The summed E-state index contributed by atoms with van der Waals surface area (Å²) < 4.78 is 30.9. The van der Waals surface area contributed by atoms with E-state index in [4.69, 9.17) is 18.9 Å². The minimum Gasteiger partial charge on any atom is -0.458 e. The summed E-state index contributed by atoms with van der Waals surface area (Å²) >= 11 is 1.81. The molecule has 3 saturated carbocycles. The van der Waals surface area contributed by atoms with E-state index in [1.54, 1.807) is 0 Å². The first-order valence-electron chi connectivity index (χ1n) is 27.0. The summed E-state index contributed by atoms with van der Waals surface area (Å²) in [5.41, 5.74) is 20.0. The standard InChI is InChI=1S/C61H55B3N2O4S/c1-71-66-49-33-47-43(62-41-21-11-13-23-51(41)67-55-27-38(25-48(65-47)59(55)62)35-15-5-2-6-16-35)31-44(49)64-46-32-45-53(34-54(46)69-56-28-39(26-50(66)60(56)64)36-17-7-3-8-18-36)70-58-30-40(37-19-9-4-10-20-37)29-57-61(58)63(45)42-22-12-14-24-52(42)68-57/h11-14,21-37,65H,2-10,15-20H2,1H3. The van der Waals surface area contributed by atoms with Gasteiger partial charge in [0, 0.05) is 34.8 Å². The molecule has 71 heavy (non-hydrogen) atoms. The molecule has 0 atom stereocenters. The van der Waals surface area contributed by atoms with Gasteiger partial charge in [-0.2, -0.15) is 0 Å². The van der Waals surface area contributed by atoms with Crippen molar-refractivity contribution in [1.29, 1.82) is 0 Å². The third kappa shape index (κ3) is 6.25. The number of para-hydroxylation sites is 2. The Morgan fingerprint density at radius 1 is 0.394 bits per heavy atom. The molecular formula is C61H55B3N2O4S. The number of anilines is 4. The summed E-state index contributed by atoms with van der Waals surface area (Å²) in [7, 11) is 0. The molecule has 0 bridgehead atoms. The van der Waals surface area contributed by atoms with Crippen LogP contribution in [0, 0.1) is 0 Å². The zero-order valence-corrected chi connectivity index (χ0v) is 41.3. The van der Waals surface area contributed by atoms with Crippen molar-refractivity contribution in [2.75, 3.05) is 15.9 Å². The smallest absolute Gasteiger partial charge is 0.260 e. The van der Waals surface area contributed by atoms with Crippen LogP contribution in [0.2, 0.25) is 0 Å². The molecule has 0 saturated heterocycles. The zero-order valence-electron chi connectivity index (χ0n) is 40.5. The van der Waals surface area contributed by atoms with Gasteiger partial charge in [0.15, 0.2) is 0 Å². The van der Waals surface area contributed by atoms with Crippen molar-refractivity contribution in [2.45, 2.75) is 114 Å². The molecule has 9 aliphatic rings. The van der Waals surface area contributed by atoms with Crippen LogP contribution in [-0.2, 0) is 0 Å². The van der Waals surface area contributed by atoms with Gasteiger partial charge in [-0.25, -0.2) is 0 Å². The van der Waals surface area contributed by atoms with E-state index in [1.807, 2.05) is 11.9 Å². The molecule has 0 spiro atoms. The Balaban J connectivity index is 0.907. The van der Waals surface area contributed by atoms with E-state index >= 15 is 0 Å². The van der Waals surface area contributed by atoms with E-state index in [2.05, 4.69) is 125 Å². The quantitative estimate of drug-likeness (QED) is 0.139. The van der Waals surface area contributed by atoms with Gasteiger partial charge in [0.05, 0.1) is 5.69 Å². The molecule has 3 aliphatic carbocycles. The number of fused-ring (bicyclic) bond motifs is 12. The summed E-state index contributed by atoms with van der Waals surface area (Å²) in [4.78, 5) is 0. The minimum atomic E-state index is -0.0765. The molecule has 10 heteroatoms. The van der Waals surface area contributed by atoms with Crippen LogP contribution in [0.5, 0.6) is 46.0 Å². The van der Waals surface area contributed by atoms with Crippen LogP contribution in [0.3, 0.4) is 0 Å². The highest BCUT2D eigenvalue weighted by Gasteiger charge is 2.48. The minimum absolute atomic E-state index is 0.0209. The lowest BCUT2D eigenvalue weighted by atomic mass is 9.30. The molecule has 6 nitrogen and oxygen atoms in total. The number of nitrogens with one attached hydrogen (secondary N) is 1. The van der Waals surface area contributed by atoms with Crippen LogP contribution in [0.15, 0.2) is 109 Å². The third-order valence-electron chi connectivity index (χ3n) is 18.3. The largest absolute Gasteiger partial charge is 0.458 e. The molecule has 348 valence electrons. The van der Waals surface area contributed by atoms with Gasteiger partial charge in [-0.1, -0.05) is 106 Å². The van der Waals surface area contributed by atoms with Crippen molar-refractivity contribution in [3.05, 3.63) is 126 Å². The lowest BCUT2D eigenvalue weighted by Crippen LogP contribution is -2.64. The topological polar surface area (TPSA) is 52.2 Å². The highest BCUT2D eigenvalue weighted by atomic mass is 32.2. The van der Waals surface area contributed by atoms with Gasteiger partial charge in [0.25, 0.3) is 20.1 Å². The highest BCUT2D eigenvalue weighted by Crippen LogP contribution is 2.47. The maximum absolute atomic E-state index is 7.38. The van der Waals surface area contributed by atoms with Gasteiger partial charge in [-0.05, 0) is 183 Å². The Bertz CT molecular complexity index is 3410. The summed E-state index contributed by atoms with van der Waals surface area (Å²) in [6.07, 6.45) is 21.3. The summed E-state index contributed by atoms with van der Waals surface area (Å²) in [6.45, 7) is -0.0976. The Morgan fingerprint density at radius 2 is 0.859 bits per heavy atom. The van der Waals surface area contributed by atoms with Crippen LogP contribution in [0.1, 0.15) is 131 Å². The molecule has 1 N–H and O–H groups in total. The van der Waals surface area contributed by atoms with Crippen molar-refractivity contribution in [2.24, 2.45) is 0 Å². The van der Waals surface area contributed by atoms with Crippen molar-refractivity contribution >= 4 is 104 Å². The summed E-state index contributed by atoms with van der Waals surface area (Å²) in [5.74, 6) is 9.11. The van der Waals surface area contributed by atoms with E-state index in [0.29, 0.717) is 17.8 Å². The average molecular weight is 945 g/mol. The van der Waals surface area contributed by atoms with E-state index in [9.17, 15) is 0 Å².